The molecule has 0 amide bonds. The molecule has 0 aromatic heterocycles. The fraction of sp³-hybridized carbons (Fsp3) is 0.0952. The van der Waals surface area contributed by atoms with Crippen LogP contribution in [0.1, 0.15) is 32.6 Å². The molecule has 22 heavy (non-hydrogen) atoms. The molecule has 0 saturated carbocycles. The first kappa shape index (κ1) is 14.3. The highest BCUT2D eigenvalue weighted by atomic mass is 16.1. The van der Waals surface area contributed by atoms with Crippen LogP contribution >= 0.6 is 0 Å². The maximum absolute atomic E-state index is 12.4. The molecule has 0 aliphatic rings. The molecule has 0 aliphatic carbocycles. The fourth-order valence-corrected chi connectivity index (χ4v) is 2.48. The van der Waals surface area contributed by atoms with E-state index in [0.717, 1.165) is 23.1 Å². The van der Waals surface area contributed by atoms with Gasteiger partial charge in [-0.15, -0.1) is 0 Å². The van der Waals surface area contributed by atoms with E-state index in [0.29, 0.717) is 0 Å². The van der Waals surface area contributed by atoms with Crippen molar-refractivity contribution in [1.29, 1.82) is 0 Å². The Morgan fingerprint density at radius 1 is 0.682 bits per heavy atom. The van der Waals surface area contributed by atoms with E-state index in [1.807, 2.05) is 73.7 Å². The molecule has 1 heteroatoms. The zero-order valence-corrected chi connectivity index (χ0v) is 12.6. The van der Waals surface area contributed by atoms with Crippen molar-refractivity contribution < 1.29 is 4.79 Å². The molecule has 0 unspecified atom stereocenters. The van der Waals surface area contributed by atoms with Crippen LogP contribution in [-0.4, -0.2) is 5.78 Å². The van der Waals surface area contributed by atoms with Crippen LogP contribution in [0.15, 0.2) is 78.9 Å². The number of ketones is 1. The third kappa shape index (κ3) is 3.32. The maximum Gasteiger partial charge on any atom is 0.193 e. The van der Waals surface area contributed by atoms with Crippen LogP contribution in [0.4, 0.5) is 0 Å². The molecule has 3 aromatic carbocycles. The monoisotopic (exact) mass is 286 g/mol. The average molecular weight is 286 g/mol. The molecule has 0 radical (unpaired) electrons. The lowest BCUT2D eigenvalue weighted by Crippen LogP contribution is -2.01. The Labute approximate surface area is 131 Å². The lowest BCUT2D eigenvalue weighted by Gasteiger charge is -2.05. The standard InChI is InChI=1S/C21H18O/c1-16-7-11-19(12-8-16)21(22)20-13-9-18(10-14-20)15-17-5-3-2-4-6-17/h2-14H,15H2,1H3. The van der Waals surface area contributed by atoms with Crippen molar-refractivity contribution in [3.63, 3.8) is 0 Å². The van der Waals surface area contributed by atoms with Gasteiger partial charge in [-0.2, -0.15) is 0 Å². The van der Waals surface area contributed by atoms with Crippen LogP contribution in [-0.2, 0) is 6.42 Å². The first-order valence-corrected chi connectivity index (χ1v) is 7.46. The Morgan fingerprint density at radius 2 is 1.18 bits per heavy atom. The topological polar surface area (TPSA) is 17.1 Å². The second-order valence-corrected chi connectivity index (χ2v) is 5.55. The van der Waals surface area contributed by atoms with E-state index in [2.05, 4.69) is 12.1 Å². The van der Waals surface area contributed by atoms with Gasteiger partial charge < -0.3 is 0 Å². The molecule has 0 heterocycles. The molecular formula is C21H18O. The number of rotatable bonds is 4. The van der Waals surface area contributed by atoms with Gasteiger partial charge >= 0.3 is 0 Å². The van der Waals surface area contributed by atoms with Gasteiger partial charge in [0.1, 0.15) is 0 Å². The van der Waals surface area contributed by atoms with Gasteiger partial charge in [0.2, 0.25) is 0 Å². The van der Waals surface area contributed by atoms with Crippen molar-refractivity contribution in [2.75, 3.05) is 0 Å². The molecule has 0 saturated heterocycles. The van der Waals surface area contributed by atoms with Gasteiger partial charge in [-0.3, -0.25) is 4.79 Å². The second-order valence-electron chi connectivity index (χ2n) is 5.55. The summed E-state index contributed by atoms with van der Waals surface area (Å²) < 4.78 is 0. The minimum absolute atomic E-state index is 0.0752. The summed E-state index contributed by atoms with van der Waals surface area (Å²) in [7, 11) is 0. The van der Waals surface area contributed by atoms with E-state index in [9.17, 15) is 4.79 Å². The molecule has 0 spiro atoms. The summed E-state index contributed by atoms with van der Waals surface area (Å²) in [5.41, 5.74) is 5.13. The van der Waals surface area contributed by atoms with Crippen molar-refractivity contribution in [1.82, 2.24) is 0 Å². The van der Waals surface area contributed by atoms with Gasteiger partial charge in [0.05, 0.1) is 0 Å². The van der Waals surface area contributed by atoms with Gasteiger partial charge in [0.15, 0.2) is 5.78 Å². The van der Waals surface area contributed by atoms with E-state index in [4.69, 9.17) is 0 Å². The maximum atomic E-state index is 12.4. The largest absolute Gasteiger partial charge is 0.289 e. The number of benzene rings is 3. The molecule has 3 rings (SSSR count). The van der Waals surface area contributed by atoms with Gasteiger partial charge in [0.25, 0.3) is 0 Å². The van der Waals surface area contributed by atoms with Crippen molar-refractivity contribution in [3.8, 4) is 0 Å². The van der Waals surface area contributed by atoms with Crippen molar-refractivity contribution in [3.05, 3.63) is 107 Å². The minimum Gasteiger partial charge on any atom is -0.289 e. The number of hydrogen-bond acceptors (Lipinski definition) is 1. The van der Waals surface area contributed by atoms with E-state index in [1.165, 1.54) is 11.1 Å². The molecule has 108 valence electrons. The summed E-state index contributed by atoms with van der Waals surface area (Å²) in [5, 5.41) is 0. The molecule has 0 atom stereocenters. The van der Waals surface area contributed by atoms with Crippen LogP contribution < -0.4 is 0 Å². The summed E-state index contributed by atoms with van der Waals surface area (Å²) >= 11 is 0. The average Bonchev–Trinajstić information content (AvgIpc) is 2.57. The van der Waals surface area contributed by atoms with Crippen LogP contribution in [0.5, 0.6) is 0 Å². The Balaban J connectivity index is 1.76. The number of aryl methyl sites for hydroxylation is 1. The second kappa shape index (κ2) is 6.40. The van der Waals surface area contributed by atoms with Crippen molar-refractivity contribution >= 4 is 5.78 Å². The lowest BCUT2D eigenvalue weighted by atomic mass is 9.99. The van der Waals surface area contributed by atoms with Gasteiger partial charge in [-0.05, 0) is 24.5 Å². The molecule has 0 bridgehead atoms. The predicted molar refractivity (Wildman–Crippen MR) is 90.3 cm³/mol. The van der Waals surface area contributed by atoms with Crippen LogP contribution in [0, 0.1) is 6.92 Å². The molecule has 0 fully saturated rings. The highest BCUT2D eigenvalue weighted by Gasteiger charge is 2.08. The Bertz CT molecular complexity index is 753. The van der Waals surface area contributed by atoms with E-state index >= 15 is 0 Å². The molecule has 0 N–H and O–H groups in total. The van der Waals surface area contributed by atoms with Crippen molar-refractivity contribution in [2.45, 2.75) is 13.3 Å². The van der Waals surface area contributed by atoms with Gasteiger partial charge in [0, 0.05) is 11.1 Å². The normalized spacial score (nSPS) is 10.4. The lowest BCUT2D eigenvalue weighted by molar-refractivity contribution is 0.103. The Morgan fingerprint density at radius 3 is 1.77 bits per heavy atom. The Kier molecular flexibility index (Phi) is 4.15. The van der Waals surface area contributed by atoms with E-state index in [1.54, 1.807) is 0 Å². The third-order valence-corrected chi connectivity index (χ3v) is 3.78. The predicted octanol–water partition coefficient (Wildman–Crippen LogP) is 4.82. The quantitative estimate of drug-likeness (QED) is 0.629. The zero-order chi connectivity index (χ0) is 15.4. The SMILES string of the molecule is Cc1ccc(C(=O)c2ccc(Cc3ccccc3)cc2)cc1. The molecular weight excluding hydrogens is 268 g/mol. The summed E-state index contributed by atoms with van der Waals surface area (Å²) in [6.45, 7) is 2.02. The summed E-state index contributed by atoms with van der Waals surface area (Å²) in [4.78, 5) is 12.4. The Hall–Kier alpha value is -2.67. The minimum atomic E-state index is 0.0752. The fourth-order valence-electron chi connectivity index (χ4n) is 2.48. The van der Waals surface area contributed by atoms with Crippen LogP contribution in [0.2, 0.25) is 0 Å². The van der Waals surface area contributed by atoms with Gasteiger partial charge in [-0.25, -0.2) is 0 Å². The number of hydrogen-bond donors (Lipinski definition) is 0. The van der Waals surface area contributed by atoms with E-state index < -0.39 is 0 Å². The summed E-state index contributed by atoms with van der Waals surface area (Å²) in [5.74, 6) is 0.0752. The number of carbonyl (C=O) groups is 1. The first-order valence-electron chi connectivity index (χ1n) is 7.46. The third-order valence-electron chi connectivity index (χ3n) is 3.78. The highest BCUT2D eigenvalue weighted by molar-refractivity contribution is 6.08. The molecule has 1 nitrogen and oxygen atoms in total. The smallest absolute Gasteiger partial charge is 0.193 e. The van der Waals surface area contributed by atoms with Crippen LogP contribution in [0.25, 0.3) is 0 Å². The molecule has 3 aromatic rings. The summed E-state index contributed by atoms with van der Waals surface area (Å²) in [6, 6.07) is 26.0. The number of carbonyl (C=O) groups excluding carboxylic acids is 1. The summed E-state index contributed by atoms with van der Waals surface area (Å²) in [6.07, 6.45) is 0.889. The first-order chi connectivity index (χ1) is 10.7. The van der Waals surface area contributed by atoms with Crippen molar-refractivity contribution in [2.24, 2.45) is 0 Å². The van der Waals surface area contributed by atoms with Crippen LogP contribution in [0.3, 0.4) is 0 Å². The van der Waals surface area contributed by atoms with E-state index in [-0.39, 0.29) is 5.78 Å². The zero-order valence-electron chi connectivity index (χ0n) is 12.6. The highest BCUT2D eigenvalue weighted by Crippen LogP contribution is 2.14. The molecule has 0 aliphatic heterocycles. The van der Waals surface area contributed by atoms with Gasteiger partial charge in [-0.1, -0.05) is 84.4 Å².